The molecule has 33 heavy (non-hydrogen) atoms. The Labute approximate surface area is 192 Å². The summed E-state index contributed by atoms with van der Waals surface area (Å²) >= 11 is 0. The van der Waals surface area contributed by atoms with Gasteiger partial charge in [-0.3, -0.25) is 0 Å². The van der Waals surface area contributed by atoms with Crippen LogP contribution in [0.4, 0.5) is 11.5 Å². The van der Waals surface area contributed by atoms with Gasteiger partial charge < -0.3 is 16.0 Å². The summed E-state index contributed by atoms with van der Waals surface area (Å²) in [7, 11) is 0. The lowest BCUT2D eigenvalue weighted by Crippen LogP contribution is -2.32. The fourth-order valence-electron chi connectivity index (χ4n) is 5.81. The third-order valence-corrected chi connectivity index (χ3v) is 7.47. The highest BCUT2D eigenvalue weighted by molar-refractivity contribution is 6.14. The molecule has 0 fully saturated rings. The number of fused-ring (bicyclic) bond motifs is 5. The number of nitrogens with one attached hydrogen (secondary N) is 2. The fraction of sp³-hybridized carbons (Fsp3) is 0.133. The Balaban J connectivity index is 1.53. The molecule has 1 atom stereocenters. The molecule has 0 saturated carbocycles. The Morgan fingerprint density at radius 3 is 2.55 bits per heavy atom. The first-order valence-electron chi connectivity index (χ1n) is 11.6. The van der Waals surface area contributed by atoms with Crippen molar-refractivity contribution in [3.05, 3.63) is 102 Å². The minimum absolute atomic E-state index is 0.454. The molecule has 7 rings (SSSR count). The Morgan fingerprint density at radius 1 is 0.879 bits per heavy atom. The van der Waals surface area contributed by atoms with Crippen LogP contribution >= 0.6 is 0 Å². The summed E-state index contributed by atoms with van der Waals surface area (Å²) < 4.78 is 0. The molecule has 0 saturated heterocycles. The lowest BCUT2D eigenvalue weighted by molar-refractivity contribution is 0.613. The number of allylic oxidation sites excluding steroid dienone is 2. The van der Waals surface area contributed by atoms with Gasteiger partial charge in [0, 0.05) is 27.7 Å². The molecule has 4 aromatic carbocycles. The van der Waals surface area contributed by atoms with Gasteiger partial charge in [0.05, 0.1) is 11.2 Å². The molecule has 4 N–H and O–H groups in total. The maximum absolute atomic E-state index is 6.93. The summed E-state index contributed by atoms with van der Waals surface area (Å²) in [5.41, 5.74) is 12.8. The van der Waals surface area contributed by atoms with Crippen LogP contribution in [-0.4, -0.2) is 4.98 Å². The van der Waals surface area contributed by atoms with Gasteiger partial charge in [-0.2, -0.15) is 0 Å². The van der Waals surface area contributed by atoms with E-state index in [9.17, 15) is 0 Å². The van der Waals surface area contributed by atoms with Crippen LogP contribution in [0, 0.1) is 0 Å². The standard InChI is InChI=1S/C30H25N3/c1-30(31)26-13-7-6-12-23(26)25-16-24-20(15-27(25)30)14-18-8-2-4-10-21(18)28(24)33-29-22-11-5-3-9-19(22)17-32-29/h2-5,7-11,13-17,32-33H,6,12,31H2,1H3. The highest BCUT2D eigenvalue weighted by atomic mass is 15.0. The zero-order chi connectivity index (χ0) is 22.2. The van der Waals surface area contributed by atoms with Gasteiger partial charge >= 0.3 is 0 Å². The molecular formula is C30H25N3. The smallest absolute Gasteiger partial charge is 0.115 e. The number of aromatic amines is 1. The highest BCUT2D eigenvalue weighted by Gasteiger charge is 2.38. The maximum atomic E-state index is 6.93. The number of H-pyrrole nitrogens is 1. The quantitative estimate of drug-likeness (QED) is 0.255. The zero-order valence-electron chi connectivity index (χ0n) is 18.6. The van der Waals surface area contributed by atoms with Crippen LogP contribution in [0.5, 0.6) is 0 Å². The molecule has 1 aromatic heterocycles. The summed E-state index contributed by atoms with van der Waals surface area (Å²) in [4.78, 5) is 3.45. The van der Waals surface area contributed by atoms with Gasteiger partial charge in [-0.25, -0.2) is 0 Å². The third-order valence-electron chi connectivity index (χ3n) is 7.47. The van der Waals surface area contributed by atoms with E-state index in [0.29, 0.717) is 0 Å². The average Bonchev–Trinajstić information content (AvgIpc) is 3.35. The molecule has 0 amide bonds. The molecular weight excluding hydrogens is 402 g/mol. The van der Waals surface area contributed by atoms with Crippen LogP contribution in [-0.2, 0) is 5.54 Å². The van der Waals surface area contributed by atoms with Gasteiger partial charge in [0.25, 0.3) is 0 Å². The third kappa shape index (κ3) is 2.60. The van der Waals surface area contributed by atoms with Crippen LogP contribution in [0.1, 0.15) is 30.9 Å². The van der Waals surface area contributed by atoms with Crippen molar-refractivity contribution >= 4 is 49.4 Å². The van der Waals surface area contributed by atoms with Gasteiger partial charge in [0.1, 0.15) is 5.82 Å². The molecule has 0 radical (unpaired) electrons. The van der Waals surface area contributed by atoms with E-state index in [1.54, 1.807) is 0 Å². The van der Waals surface area contributed by atoms with Crippen molar-refractivity contribution < 1.29 is 0 Å². The van der Waals surface area contributed by atoms with Crippen molar-refractivity contribution in [3.63, 3.8) is 0 Å². The number of nitrogens with two attached hydrogens (primary N) is 1. The largest absolute Gasteiger partial charge is 0.347 e. The number of benzene rings is 4. The predicted octanol–water partition coefficient (Wildman–Crippen LogP) is 7.51. The Hall–Kier alpha value is -3.82. The monoisotopic (exact) mass is 427 g/mol. The van der Waals surface area contributed by atoms with Crippen LogP contribution < -0.4 is 11.1 Å². The number of anilines is 2. The van der Waals surface area contributed by atoms with E-state index in [4.69, 9.17) is 5.73 Å². The molecule has 2 aliphatic rings. The van der Waals surface area contributed by atoms with Crippen molar-refractivity contribution in [1.29, 1.82) is 0 Å². The van der Waals surface area contributed by atoms with E-state index >= 15 is 0 Å². The van der Waals surface area contributed by atoms with E-state index in [0.717, 1.165) is 24.3 Å². The van der Waals surface area contributed by atoms with Crippen molar-refractivity contribution in [3.8, 4) is 0 Å². The van der Waals surface area contributed by atoms with Crippen LogP contribution in [0.3, 0.4) is 0 Å². The van der Waals surface area contributed by atoms with Gasteiger partial charge in [0.2, 0.25) is 0 Å². The maximum Gasteiger partial charge on any atom is 0.115 e. The SMILES string of the molecule is CC1(N)C2=C(CCC=C2)c2cc3c(Nc4[nH]cc5ccccc45)c4ccccc4cc3cc21. The molecule has 1 heterocycles. The topological polar surface area (TPSA) is 53.8 Å². The average molecular weight is 428 g/mol. The van der Waals surface area contributed by atoms with Crippen LogP contribution in [0.15, 0.2) is 90.7 Å². The second-order valence-corrected chi connectivity index (χ2v) is 9.50. The summed E-state index contributed by atoms with van der Waals surface area (Å²) in [6.07, 6.45) is 8.68. The summed E-state index contributed by atoms with van der Waals surface area (Å²) in [6, 6.07) is 24.1. The van der Waals surface area contributed by atoms with Crippen molar-refractivity contribution in [2.45, 2.75) is 25.3 Å². The second kappa shape index (κ2) is 6.60. The first-order chi connectivity index (χ1) is 16.1. The molecule has 0 bridgehead atoms. The van der Waals surface area contributed by atoms with Gasteiger partial charge in [-0.05, 0) is 71.0 Å². The van der Waals surface area contributed by atoms with E-state index in [1.165, 1.54) is 54.6 Å². The first kappa shape index (κ1) is 18.7. The molecule has 160 valence electrons. The fourth-order valence-corrected chi connectivity index (χ4v) is 5.81. The van der Waals surface area contributed by atoms with Gasteiger partial charge in [-0.1, -0.05) is 60.7 Å². The molecule has 3 nitrogen and oxygen atoms in total. The Kier molecular flexibility index (Phi) is 3.74. The molecule has 0 spiro atoms. The van der Waals surface area contributed by atoms with Crippen molar-refractivity contribution in [2.75, 3.05) is 5.32 Å². The minimum Gasteiger partial charge on any atom is -0.347 e. The predicted molar refractivity (Wildman–Crippen MR) is 140 cm³/mol. The van der Waals surface area contributed by atoms with Gasteiger partial charge in [-0.15, -0.1) is 0 Å². The van der Waals surface area contributed by atoms with Crippen LogP contribution in [0.25, 0.3) is 37.9 Å². The van der Waals surface area contributed by atoms with Crippen LogP contribution in [0.2, 0.25) is 0 Å². The molecule has 3 heteroatoms. The van der Waals surface area contributed by atoms with E-state index in [-0.39, 0.29) is 0 Å². The Bertz CT molecular complexity index is 1660. The molecule has 0 aliphatic heterocycles. The van der Waals surface area contributed by atoms with E-state index in [2.05, 4.69) is 102 Å². The normalized spacial score (nSPS) is 19.5. The lowest BCUT2D eigenvalue weighted by atomic mass is 9.87. The number of hydrogen-bond acceptors (Lipinski definition) is 2. The van der Waals surface area contributed by atoms with E-state index in [1.807, 2.05) is 0 Å². The molecule has 1 unspecified atom stereocenters. The number of rotatable bonds is 2. The minimum atomic E-state index is -0.454. The van der Waals surface area contributed by atoms with E-state index < -0.39 is 5.54 Å². The highest BCUT2D eigenvalue weighted by Crippen LogP contribution is 2.50. The number of hydrogen-bond donors (Lipinski definition) is 3. The van der Waals surface area contributed by atoms with Crippen molar-refractivity contribution in [1.82, 2.24) is 4.98 Å². The summed E-state index contributed by atoms with van der Waals surface area (Å²) in [6.45, 7) is 2.15. The van der Waals surface area contributed by atoms with Gasteiger partial charge in [0.15, 0.2) is 0 Å². The Morgan fingerprint density at radius 2 is 1.67 bits per heavy atom. The molecule has 5 aromatic rings. The first-order valence-corrected chi connectivity index (χ1v) is 11.6. The second-order valence-electron chi connectivity index (χ2n) is 9.50. The molecule has 2 aliphatic carbocycles. The summed E-state index contributed by atoms with van der Waals surface area (Å²) in [5.74, 6) is 1.02. The zero-order valence-corrected chi connectivity index (χ0v) is 18.6. The lowest BCUT2D eigenvalue weighted by Gasteiger charge is -2.24. The summed E-state index contributed by atoms with van der Waals surface area (Å²) in [5, 5.41) is 11.1. The number of aromatic nitrogens is 1. The van der Waals surface area contributed by atoms with Crippen molar-refractivity contribution in [2.24, 2.45) is 5.73 Å².